The summed E-state index contributed by atoms with van der Waals surface area (Å²) in [5.41, 5.74) is -0.0549. The largest absolute Gasteiger partial charge is 0.396 e. The summed E-state index contributed by atoms with van der Waals surface area (Å²) in [6, 6.07) is 0. The minimum Gasteiger partial charge on any atom is -0.396 e. The predicted octanol–water partition coefficient (Wildman–Crippen LogP) is 7.96. The van der Waals surface area contributed by atoms with Crippen molar-refractivity contribution in [2.24, 2.45) is 5.41 Å². The minimum absolute atomic E-state index is 0.0549. The summed E-state index contributed by atoms with van der Waals surface area (Å²) >= 11 is 0. The second kappa shape index (κ2) is 31.2. The first-order valence-electron chi connectivity index (χ1n) is 17.6. The van der Waals surface area contributed by atoms with Crippen molar-refractivity contribution in [2.45, 2.75) is 135 Å². The Hall–Kier alpha value is -0.240. The maximum atomic E-state index is 8.94. The van der Waals surface area contributed by atoms with Crippen molar-refractivity contribution in [2.75, 3.05) is 87.5 Å². The first kappa shape index (κ1) is 40.8. The molecule has 0 saturated carbocycles. The summed E-state index contributed by atoms with van der Waals surface area (Å²) < 4.78 is 19.0. The summed E-state index contributed by atoms with van der Waals surface area (Å²) in [5, 5.41) is 8.94. The highest BCUT2D eigenvalue weighted by atomic mass is 16.5. The van der Waals surface area contributed by atoms with Gasteiger partial charge in [0.1, 0.15) is 0 Å². The number of ether oxygens (including phenoxy) is 3. The van der Waals surface area contributed by atoms with Gasteiger partial charge in [-0.1, -0.05) is 103 Å². The summed E-state index contributed by atoms with van der Waals surface area (Å²) in [6.45, 7) is 9.40. The minimum atomic E-state index is -0.0549. The van der Waals surface area contributed by atoms with Crippen LogP contribution in [0.15, 0.2) is 0 Å². The third-order valence-electron chi connectivity index (χ3n) is 8.02. The molecule has 0 amide bonds. The lowest BCUT2D eigenvalue weighted by molar-refractivity contribution is -0.0763. The van der Waals surface area contributed by atoms with Crippen LogP contribution in [0, 0.1) is 5.41 Å². The molecule has 0 saturated heterocycles. The number of aliphatic hydroxyl groups is 1. The third-order valence-corrected chi connectivity index (χ3v) is 8.02. The van der Waals surface area contributed by atoms with Gasteiger partial charge in [0.05, 0.1) is 19.8 Å². The van der Waals surface area contributed by atoms with E-state index in [1.165, 1.54) is 96.3 Å². The zero-order valence-corrected chi connectivity index (χ0v) is 28.6. The molecule has 1 N–H and O–H groups in total. The van der Waals surface area contributed by atoms with Crippen molar-refractivity contribution in [3.8, 4) is 0 Å². The Kier molecular flexibility index (Phi) is 31.0. The molecule has 0 aliphatic carbocycles. The molecule has 0 aliphatic rings. The van der Waals surface area contributed by atoms with Gasteiger partial charge in [-0.25, -0.2) is 0 Å². The van der Waals surface area contributed by atoms with Crippen molar-refractivity contribution < 1.29 is 19.3 Å². The number of rotatable bonds is 34. The van der Waals surface area contributed by atoms with Crippen molar-refractivity contribution in [3.63, 3.8) is 0 Å². The number of hydrogen-bond acceptors (Lipinski definition) is 6. The topological polar surface area (TPSA) is 54.4 Å². The Balaban J connectivity index is 4.75. The van der Waals surface area contributed by atoms with Crippen LogP contribution in [0.3, 0.4) is 0 Å². The Morgan fingerprint density at radius 3 is 1.24 bits per heavy atom. The van der Waals surface area contributed by atoms with Crippen LogP contribution < -0.4 is 0 Å². The fourth-order valence-corrected chi connectivity index (χ4v) is 5.36. The van der Waals surface area contributed by atoms with Crippen LogP contribution in [0.1, 0.15) is 135 Å². The zero-order valence-electron chi connectivity index (χ0n) is 28.6. The fraction of sp³-hybridized carbons (Fsp3) is 1.00. The van der Waals surface area contributed by atoms with Gasteiger partial charge < -0.3 is 29.1 Å². The van der Waals surface area contributed by atoms with Crippen LogP contribution in [0.2, 0.25) is 0 Å². The van der Waals surface area contributed by atoms with Crippen molar-refractivity contribution in [1.29, 1.82) is 0 Å². The van der Waals surface area contributed by atoms with Crippen molar-refractivity contribution in [1.82, 2.24) is 9.80 Å². The average Bonchev–Trinajstić information content (AvgIpc) is 2.94. The first-order valence-corrected chi connectivity index (χ1v) is 17.6. The van der Waals surface area contributed by atoms with E-state index in [0.29, 0.717) is 6.61 Å². The highest BCUT2D eigenvalue weighted by Crippen LogP contribution is 2.28. The second-order valence-electron chi connectivity index (χ2n) is 13.1. The lowest BCUT2D eigenvalue weighted by Gasteiger charge is -2.33. The Morgan fingerprint density at radius 2 is 0.829 bits per heavy atom. The number of hydrogen-bond donors (Lipinski definition) is 1. The molecule has 0 fully saturated rings. The van der Waals surface area contributed by atoms with Crippen LogP contribution in [0.5, 0.6) is 0 Å². The van der Waals surface area contributed by atoms with Crippen LogP contribution in [0.25, 0.3) is 0 Å². The molecule has 0 atom stereocenters. The Labute approximate surface area is 257 Å². The Bertz CT molecular complexity index is 461. The standard InChI is InChI=1S/C35H74N2O4/c1-6-7-8-9-10-16-19-22-29-39-32-35(33-40-30-23-26-36(2)3,34-41-31-24-27-37(4)5)25-20-17-14-12-11-13-15-18-21-28-38/h38H,6-34H2,1-5H3. The molecule has 0 heterocycles. The predicted molar refractivity (Wildman–Crippen MR) is 177 cm³/mol. The van der Waals surface area contributed by atoms with E-state index in [1.807, 2.05) is 0 Å². The van der Waals surface area contributed by atoms with Gasteiger partial charge >= 0.3 is 0 Å². The monoisotopic (exact) mass is 587 g/mol. The second-order valence-corrected chi connectivity index (χ2v) is 13.1. The smallest absolute Gasteiger partial charge is 0.0566 e. The van der Waals surface area contributed by atoms with Gasteiger partial charge in [-0.2, -0.15) is 0 Å². The van der Waals surface area contributed by atoms with E-state index in [1.54, 1.807) is 0 Å². The van der Waals surface area contributed by atoms with Gasteiger partial charge in [-0.05, 0) is 73.4 Å². The SMILES string of the molecule is CCCCCCCCCCOCC(CCCCCCCCCCCO)(COCCCN(C)C)COCCCN(C)C. The van der Waals surface area contributed by atoms with E-state index < -0.39 is 0 Å². The van der Waals surface area contributed by atoms with E-state index in [2.05, 4.69) is 44.9 Å². The van der Waals surface area contributed by atoms with E-state index in [9.17, 15) is 0 Å². The van der Waals surface area contributed by atoms with Gasteiger partial charge in [-0.15, -0.1) is 0 Å². The number of nitrogens with zero attached hydrogens (tertiary/aromatic N) is 2. The van der Waals surface area contributed by atoms with Gasteiger partial charge in [0.2, 0.25) is 0 Å². The first-order chi connectivity index (χ1) is 20.0. The van der Waals surface area contributed by atoms with Gasteiger partial charge in [0.15, 0.2) is 0 Å². The molecule has 0 radical (unpaired) electrons. The van der Waals surface area contributed by atoms with Crippen LogP contribution in [-0.2, 0) is 14.2 Å². The molecular weight excluding hydrogens is 512 g/mol. The van der Waals surface area contributed by atoms with Crippen molar-refractivity contribution in [3.05, 3.63) is 0 Å². The normalized spacial score (nSPS) is 12.3. The van der Waals surface area contributed by atoms with Gasteiger partial charge in [-0.3, -0.25) is 0 Å². The maximum absolute atomic E-state index is 8.94. The van der Waals surface area contributed by atoms with Crippen LogP contribution in [0.4, 0.5) is 0 Å². The zero-order chi connectivity index (χ0) is 30.3. The molecule has 0 rings (SSSR count). The maximum Gasteiger partial charge on any atom is 0.0566 e. The lowest BCUT2D eigenvalue weighted by Crippen LogP contribution is -2.38. The lowest BCUT2D eigenvalue weighted by atomic mass is 9.84. The molecule has 0 spiro atoms. The van der Waals surface area contributed by atoms with Gasteiger partial charge in [0.25, 0.3) is 0 Å². The molecule has 0 aliphatic heterocycles. The average molecular weight is 587 g/mol. The summed E-state index contributed by atoms with van der Waals surface area (Å²) in [6.07, 6.45) is 25.0. The molecule has 6 heteroatoms. The number of aliphatic hydroxyl groups excluding tert-OH is 1. The highest BCUT2D eigenvalue weighted by Gasteiger charge is 2.31. The summed E-state index contributed by atoms with van der Waals surface area (Å²) in [7, 11) is 8.50. The van der Waals surface area contributed by atoms with Crippen LogP contribution in [-0.4, -0.2) is 102 Å². The number of unbranched alkanes of at least 4 members (excludes halogenated alkanes) is 15. The molecule has 0 aromatic heterocycles. The molecule has 6 nitrogen and oxygen atoms in total. The van der Waals surface area contributed by atoms with E-state index in [4.69, 9.17) is 19.3 Å². The van der Waals surface area contributed by atoms with E-state index >= 15 is 0 Å². The molecule has 0 aromatic carbocycles. The van der Waals surface area contributed by atoms with Crippen LogP contribution >= 0.6 is 0 Å². The van der Waals surface area contributed by atoms with E-state index in [0.717, 1.165) is 84.8 Å². The molecule has 0 aromatic rings. The third kappa shape index (κ3) is 29.6. The van der Waals surface area contributed by atoms with Crippen molar-refractivity contribution >= 4 is 0 Å². The molecule has 248 valence electrons. The summed E-state index contributed by atoms with van der Waals surface area (Å²) in [4.78, 5) is 4.45. The summed E-state index contributed by atoms with van der Waals surface area (Å²) in [5.74, 6) is 0. The molecule has 41 heavy (non-hydrogen) atoms. The van der Waals surface area contributed by atoms with Gasteiger partial charge in [0, 0.05) is 31.8 Å². The fourth-order valence-electron chi connectivity index (χ4n) is 5.36. The highest BCUT2D eigenvalue weighted by molar-refractivity contribution is 4.80. The Morgan fingerprint density at radius 1 is 0.463 bits per heavy atom. The van der Waals surface area contributed by atoms with E-state index in [-0.39, 0.29) is 5.41 Å². The molecular formula is C35H74N2O4. The molecule has 0 bridgehead atoms. The quantitative estimate of drug-likeness (QED) is 0.0772. The molecule has 0 unspecified atom stereocenters.